The molecule has 2 rings (SSSR count). The molecule has 6 nitrogen and oxygen atoms in total. The summed E-state index contributed by atoms with van der Waals surface area (Å²) in [5.74, 6) is 0.656. The number of rotatable bonds is 4. The van der Waals surface area contributed by atoms with Gasteiger partial charge >= 0.3 is 12.1 Å². The summed E-state index contributed by atoms with van der Waals surface area (Å²) in [7, 11) is 0. The Kier molecular flexibility index (Phi) is 5.26. The van der Waals surface area contributed by atoms with E-state index < -0.39 is 0 Å². The van der Waals surface area contributed by atoms with E-state index in [1.807, 2.05) is 6.08 Å². The Balaban J connectivity index is 1.63. The smallest absolute Gasteiger partial charge is 0.409 e. The minimum atomic E-state index is -0.261. The summed E-state index contributed by atoms with van der Waals surface area (Å²) in [6.45, 7) is 3.45. The molecule has 1 aliphatic carbocycles. The van der Waals surface area contributed by atoms with Gasteiger partial charge in [-0.15, -0.1) is 0 Å². The third kappa shape index (κ3) is 4.75. The van der Waals surface area contributed by atoms with Crippen LogP contribution in [0, 0.1) is 5.92 Å². The van der Waals surface area contributed by atoms with Crippen LogP contribution in [0.1, 0.15) is 32.6 Å². The zero-order valence-electron chi connectivity index (χ0n) is 11.9. The molecule has 2 N–H and O–H groups in total. The van der Waals surface area contributed by atoms with E-state index in [-0.39, 0.29) is 18.2 Å². The number of amides is 3. The van der Waals surface area contributed by atoms with Crippen molar-refractivity contribution in [3.63, 3.8) is 0 Å². The number of urea groups is 1. The van der Waals surface area contributed by atoms with Gasteiger partial charge in [0.25, 0.3) is 0 Å². The van der Waals surface area contributed by atoms with Crippen LogP contribution >= 0.6 is 0 Å². The first kappa shape index (κ1) is 14.7. The Labute approximate surface area is 119 Å². The molecule has 0 unspecified atom stereocenters. The van der Waals surface area contributed by atoms with Crippen LogP contribution in [0.25, 0.3) is 0 Å². The van der Waals surface area contributed by atoms with E-state index in [1.54, 1.807) is 18.0 Å². The number of nitrogens with zero attached hydrogens (tertiary/aromatic N) is 1. The molecule has 0 aromatic heterocycles. The van der Waals surface area contributed by atoms with Gasteiger partial charge in [0.05, 0.1) is 6.61 Å². The Morgan fingerprint density at radius 1 is 1.25 bits per heavy atom. The predicted octanol–water partition coefficient (Wildman–Crippen LogP) is 1.83. The second-order valence-electron chi connectivity index (χ2n) is 5.27. The van der Waals surface area contributed by atoms with Crippen molar-refractivity contribution in [1.29, 1.82) is 0 Å². The largest absolute Gasteiger partial charge is 0.450 e. The number of allylic oxidation sites excluding steroid dienone is 1. The number of hydrogen-bond acceptors (Lipinski definition) is 3. The van der Waals surface area contributed by atoms with E-state index in [2.05, 4.69) is 10.6 Å². The monoisotopic (exact) mass is 281 g/mol. The van der Waals surface area contributed by atoms with E-state index >= 15 is 0 Å². The minimum absolute atomic E-state index is 0.120. The number of nitrogens with one attached hydrogen (secondary N) is 2. The number of likely N-dealkylation sites (tertiary alicyclic amines) is 1. The Hall–Kier alpha value is -1.72. The summed E-state index contributed by atoms with van der Waals surface area (Å²) in [4.78, 5) is 24.9. The molecule has 0 atom stereocenters. The van der Waals surface area contributed by atoms with Crippen molar-refractivity contribution in [2.24, 2.45) is 5.92 Å². The summed E-state index contributed by atoms with van der Waals surface area (Å²) < 4.78 is 4.96. The molecule has 1 aliphatic heterocycles. The third-order valence-electron chi connectivity index (χ3n) is 3.56. The van der Waals surface area contributed by atoms with E-state index in [0.717, 1.165) is 12.8 Å². The van der Waals surface area contributed by atoms with Crippen molar-refractivity contribution in [3.05, 3.63) is 12.3 Å². The van der Waals surface area contributed by atoms with Gasteiger partial charge in [-0.25, -0.2) is 9.59 Å². The molecular formula is C14H23N3O3. The van der Waals surface area contributed by atoms with Gasteiger partial charge < -0.3 is 20.3 Å². The van der Waals surface area contributed by atoms with Gasteiger partial charge in [-0.3, -0.25) is 0 Å². The average Bonchev–Trinajstić information content (AvgIpc) is 3.24. The molecule has 2 aliphatic rings. The van der Waals surface area contributed by atoms with Crippen molar-refractivity contribution in [3.8, 4) is 0 Å². The average molecular weight is 281 g/mol. The van der Waals surface area contributed by atoms with Crippen LogP contribution in [-0.2, 0) is 4.74 Å². The van der Waals surface area contributed by atoms with Crippen LogP contribution in [0.2, 0.25) is 0 Å². The molecule has 1 saturated carbocycles. The van der Waals surface area contributed by atoms with E-state index in [4.69, 9.17) is 4.74 Å². The zero-order chi connectivity index (χ0) is 14.4. The Morgan fingerprint density at radius 2 is 1.95 bits per heavy atom. The van der Waals surface area contributed by atoms with Crippen LogP contribution in [-0.4, -0.2) is 42.8 Å². The van der Waals surface area contributed by atoms with Crippen molar-refractivity contribution < 1.29 is 14.3 Å². The Morgan fingerprint density at radius 3 is 2.55 bits per heavy atom. The lowest BCUT2D eigenvalue weighted by Crippen LogP contribution is -2.48. The maximum atomic E-state index is 11.7. The Bertz CT molecular complexity index is 372. The third-order valence-corrected chi connectivity index (χ3v) is 3.56. The molecule has 0 aromatic carbocycles. The SMILES string of the molecule is CCOC(=O)N1CCC(NC(=O)N/C=C/C2CC2)CC1. The van der Waals surface area contributed by atoms with Gasteiger partial charge in [0, 0.05) is 25.3 Å². The summed E-state index contributed by atoms with van der Waals surface area (Å²) in [5, 5.41) is 5.64. The molecule has 0 aromatic rings. The lowest BCUT2D eigenvalue weighted by atomic mass is 10.1. The lowest BCUT2D eigenvalue weighted by molar-refractivity contribution is 0.0958. The lowest BCUT2D eigenvalue weighted by Gasteiger charge is -2.31. The highest BCUT2D eigenvalue weighted by molar-refractivity contribution is 5.75. The maximum absolute atomic E-state index is 11.7. The van der Waals surface area contributed by atoms with Crippen LogP contribution < -0.4 is 10.6 Å². The van der Waals surface area contributed by atoms with E-state index in [1.165, 1.54) is 12.8 Å². The predicted molar refractivity (Wildman–Crippen MR) is 75.1 cm³/mol. The molecule has 1 heterocycles. The number of piperidine rings is 1. The number of hydrogen-bond donors (Lipinski definition) is 2. The first-order chi connectivity index (χ1) is 9.69. The summed E-state index contributed by atoms with van der Waals surface area (Å²) >= 11 is 0. The molecule has 20 heavy (non-hydrogen) atoms. The molecule has 1 saturated heterocycles. The normalized spacial score (nSPS) is 19.9. The first-order valence-corrected chi connectivity index (χ1v) is 7.34. The minimum Gasteiger partial charge on any atom is -0.450 e. The summed E-state index contributed by atoms with van der Waals surface area (Å²) in [6, 6.07) is -0.0495. The molecule has 2 fully saturated rings. The van der Waals surface area contributed by atoms with Crippen LogP contribution in [0.5, 0.6) is 0 Å². The van der Waals surface area contributed by atoms with E-state index in [9.17, 15) is 9.59 Å². The fourth-order valence-electron chi connectivity index (χ4n) is 2.20. The van der Waals surface area contributed by atoms with Gasteiger partial charge in [0.2, 0.25) is 0 Å². The van der Waals surface area contributed by atoms with Crippen LogP contribution in [0.4, 0.5) is 9.59 Å². The highest BCUT2D eigenvalue weighted by atomic mass is 16.6. The number of ether oxygens (including phenoxy) is 1. The second-order valence-corrected chi connectivity index (χ2v) is 5.27. The highest BCUT2D eigenvalue weighted by Crippen LogP contribution is 2.29. The molecular weight excluding hydrogens is 258 g/mol. The quantitative estimate of drug-likeness (QED) is 0.826. The summed E-state index contributed by atoms with van der Waals surface area (Å²) in [6.07, 6.45) is 7.47. The van der Waals surface area contributed by atoms with Crippen molar-refractivity contribution in [1.82, 2.24) is 15.5 Å². The molecule has 0 radical (unpaired) electrons. The highest BCUT2D eigenvalue weighted by Gasteiger charge is 2.24. The first-order valence-electron chi connectivity index (χ1n) is 7.34. The van der Waals surface area contributed by atoms with Gasteiger partial charge in [0.1, 0.15) is 0 Å². The molecule has 3 amide bonds. The van der Waals surface area contributed by atoms with Gasteiger partial charge in [-0.05, 0) is 38.5 Å². The molecule has 0 spiro atoms. The standard InChI is InChI=1S/C14H23N3O3/c1-2-20-14(19)17-9-6-12(7-10-17)16-13(18)15-8-5-11-3-4-11/h5,8,11-12H,2-4,6-7,9-10H2,1H3,(H2,15,16,18)/b8-5+. The molecule has 112 valence electrons. The number of carbonyl (C=O) groups excluding carboxylic acids is 2. The molecule has 6 heteroatoms. The van der Waals surface area contributed by atoms with Gasteiger partial charge in [-0.2, -0.15) is 0 Å². The number of carbonyl (C=O) groups is 2. The zero-order valence-corrected chi connectivity index (χ0v) is 11.9. The van der Waals surface area contributed by atoms with Gasteiger partial charge in [-0.1, -0.05) is 6.08 Å². The fraction of sp³-hybridized carbons (Fsp3) is 0.714. The second kappa shape index (κ2) is 7.17. The van der Waals surface area contributed by atoms with Crippen LogP contribution in [0.3, 0.4) is 0 Å². The maximum Gasteiger partial charge on any atom is 0.409 e. The van der Waals surface area contributed by atoms with E-state index in [0.29, 0.717) is 25.6 Å². The van der Waals surface area contributed by atoms with Crippen molar-refractivity contribution >= 4 is 12.1 Å². The van der Waals surface area contributed by atoms with Gasteiger partial charge in [0.15, 0.2) is 0 Å². The topological polar surface area (TPSA) is 70.7 Å². The van der Waals surface area contributed by atoms with Crippen molar-refractivity contribution in [2.45, 2.75) is 38.6 Å². The molecule has 0 bridgehead atoms. The van der Waals surface area contributed by atoms with Crippen LogP contribution in [0.15, 0.2) is 12.3 Å². The van der Waals surface area contributed by atoms with Crippen molar-refractivity contribution in [2.75, 3.05) is 19.7 Å². The fourth-order valence-corrected chi connectivity index (χ4v) is 2.20. The summed E-state index contributed by atoms with van der Waals surface area (Å²) in [5.41, 5.74) is 0.